The summed E-state index contributed by atoms with van der Waals surface area (Å²) in [6.07, 6.45) is -7.68. The maximum absolute atomic E-state index is 14.7. The fraction of sp³-hybridized carbons (Fsp3) is 0.806. The molecule has 49 heavy (non-hydrogen) atoms. The molecule has 0 aromatic rings. The zero-order chi connectivity index (χ0) is 37.0. The lowest BCUT2D eigenvalue weighted by atomic mass is 9.38. The van der Waals surface area contributed by atoms with Crippen LogP contribution in [-0.4, -0.2) is 119 Å². The first kappa shape index (κ1) is 38.2. The number of ketones is 3. The van der Waals surface area contributed by atoms with Crippen LogP contribution in [-0.2, 0) is 23.9 Å². The Bertz CT molecular complexity index is 1440. The molecule has 0 bridgehead atoms. The summed E-state index contributed by atoms with van der Waals surface area (Å²) in [6, 6.07) is 0. The van der Waals surface area contributed by atoms with Gasteiger partial charge < -0.3 is 50.3 Å². The molecule has 14 atom stereocenters. The molecule has 0 unspecified atom stereocenters. The van der Waals surface area contributed by atoms with Crippen molar-refractivity contribution in [2.45, 2.75) is 135 Å². The maximum atomic E-state index is 14.7. The van der Waals surface area contributed by atoms with E-state index in [1.165, 1.54) is 13.0 Å². The second-order valence-electron chi connectivity index (χ2n) is 17.2. The number of fused-ring (bicyclic) bond motifs is 5. The molecular weight excluding hydrogens is 640 g/mol. The normalized spacial score (nSPS) is 46.1. The molecule has 13 nitrogen and oxygen atoms in total. The molecule has 0 aromatic carbocycles. The largest absolute Gasteiger partial charge is 0.459 e. The van der Waals surface area contributed by atoms with E-state index in [0.29, 0.717) is 5.57 Å². The number of Topliss-reactive ketones (excluding diaryl/α,β-unsaturated/α-hetero) is 3. The highest BCUT2D eigenvalue weighted by Gasteiger charge is 2.76. The molecule has 5 rings (SSSR count). The van der Waals surface area contributed by atoms with E-state index in [0.717, 1.165) is 0 Å². The number of hydrogen-bond acceptors (Lipinski definition) is 13. The van der Waals surface area contributed by atoms with Gasteiger partial charge in [-0.3, -0.25) is 14.4 Å². The Balaban J connectivity index is 1.57. The first-order valence-electron chi connectivity index (χ1n) is 17.1. The van der Waals surface area contributed by atoms with Crippen LogP contribution in [0.15, 0.2) is 23.5 Å². The molecule has 1 aliphatic heterocycles. The Kier molecular flexibility index (Phi) is 9.34. The summed E-state index contributed by atoms with van der Waals surface area (Å²) >= 11 is 0. The Hall–Kier alpha value is -2.07. The van der Waals surface area contributed by atoms with Crippen LogP contribution in [0.1, 0.15) is 81.1 Å². The molecule has 0 spiro atoms. The topological polar surface area (TPSA) is 232 Å². The van der Waals surface area contributed by atoms with Crippen LogP contribution < -0.4 is 0 Å². The van der Waals surface area contributed by atoms with Crippen molar-refractivity contribution in [1.29, 1.82) is 0 Å². The van der Waals surface area contributed by atoms with E-state index in [9.17, 15) is 55.2 Å². The highest BCUT2D eigenvalue weighted by Crippen LogP contribution is 2.74. The second kappa shape index (κ2) is 12.0. The number of carbonyl (C=O) groups is 3. The van der Waals surface area contributed by atoms with Gasteiger partial charge in [-0.15, -0.1) is 0 Å². The quantitative estimate of drug-likeness (QED) is 0.158. The second-order valence-corrected chi connectivity index (χ2v) is 17.2. The predicted octanol–water partition coefficient (Wildman–Crippen LogP) is 0.0727. The smallest absolute Gasteiger partial charge is 0.229 e. The molecule has 0 radical (unpaired) electrons. The molecule has 0 amide bonds. The first-order chi connectivity index (χ1) is 22.3. The summed E-state index contributed by atoms with van der Waals surface area (Å²) < 4.78 is 11.4. The van der Waals surface area contributed by atoms with Gasteiger partial charge in [-0.25, -0.2) is 0 Å². The third-order valence-corrected chi connectivity index (χ3v) is 13.2. The van der Waals surface area contributed by atoms with Gasteiger partial charge in [0.25, 0.3) is 0 Å². The highest BCUT2D eigenvalue weighted by atomic mass is 16.7. The van der Waals surface area contributed by atoms with Gasteiger partial charge in [0.05, 0.1) is 29.8 Å². The molecule has 13 heteroatoms. The predicted molar refractivity (Wildman–Crippen MR) is 172 cm³/mol. The van der Waals surface area contributed by atoms with Crippen LogP contribution in [0.5, 0.6) is 0 Å². The molecular formula is C36H54O13. The number of ether oxygens (including phenoxy) is 2. The van der Waals surface area contributed by atoms with Crippen molar-refractivity contribution in [2.75, 3.05) is 6.61 Å². The lowest BCUT2D eigenvalue weighted by Crippen LogP contribution is -2.67. The van der Waals surface area contributed by atoms with Crippen LogP contribution in [0.4, 0.5) is 0 Å². The SMILES string of the molecule is CC(C)(O)CCC(=O)[C@](C)(O)[C@H]1[C@H](O)C[C@@]2(C)[C@@H]3[C@@H](O)C=C4[C@@H](C=C(O[C@H]5O[C@@H](CO)[C@H](O)[C@@H](O)[C@@H]5O)C(=O)C4(C)C)[C@]3(C)C(=O)C[C@]12C. The summed E-state index contributed by atoms with van der Waals surface area (Å²) in [5.74, 6) is -4.42. The van der Waals surface area contributed by atoms with Gasteiger partial charge in [-0.2, -0.15) is 0 Å². The average Bonchev–Trinajstić information content (AvgIpc) is 3.19. The van der Waals surface area contributed by atoms with E-state index in [-0.39, 0.29) is 37.2 Å². The summed E-state index contributed by atoms with van der Waals surface area (Å²) in [6.45, 7) is 12.3. The molecule has 2 saturated carbocycles. The summed E-state index contributed by atoms with van der Waals surface area (Å²) in [5, 5.41) is 86.5. The van der Waals surface area contributed by atoms with E-state index < -0.39 is 112 Å². The van der Waals surface area contributed by atoms with E-state index in [4.69, 9.17) is 9.47 Å². The molecule has 276 valence electrons. The van der Waals surface area contributed by atoms with Crippen molar-refractivity contribution in [3.63, 3.8) is 0 Å². The van der Waals surface area contributed by atoms with Crippen molar-refractivity contribution < 1.29 is 64.7 Å². The molecule has 5 aliphatic rings. The summed E-state index contributed by atoms with van der Waals surface area (Å²) in [7, 11) is 0. The molecule has 1 heterocycles. The van der Waals surface area contributed by atoms with Crippen LogP contribution >= 0.6 is 0 Å². The van der Waals surface area contributed by atoms with Crippen LogP contribution in [0.2, 0.25) is 0 Å². The van der Waals surface area contributed by atoms with E-state index >= 15 is 0 Å². The average molecular weight is 695 g/mol. The standard InChI is InChI=1S/C36H54O13/c1-31(2,46)10-9-22(40)36(8,47)28-19(39)13-33(5)27-18(38)11-16-17(35(27,7)23(41)14-34(28,33)6)12-20(29(45)32(16,3)4)48-30-26(44)25(43)24(42)21(15-37)49-30/h11-12,17-19,21,24-28,30,37-39,42-44,46-47H,9-10,13-15H2,1-8H3/t17-,18+,19-,21+,24+,25-,26+,27+,28+,30+,33+,34-,35-,36+/m1/s1. The number of rotatable bonds is 8. The zero-order valence-electron chi connectivity index (χ0n) is 29.6. The van der Waals surface area contributed by atoms with E-state index in [1.54, 1.807) is 47.6 Å². The van der Waals surface area contributed by atoms with Crippen molar-refractivity contribution in [2.24, 2.45) is 39.4 Å². The number of hydrogen-bond donors (Lipinski definition) is 8. The molecule has 3 fully saturated rings. The van der Waals surface area contributed by atoms with Crippen molar-refractivity contribution in [3.8, 4) is 0 Å². The van der Waals surface area contributed by atoms with Gasteiger partial charge in [-0.1, -0.05) is 32.4 Å². The number of aliphatic hydroxyl groups is 8. The zero-order valence-corrected chi connectivity index (χ0v) is 29.6. The third kappa shape index (κ3) is 5.50. The van der Waals surface area contributed by atoms with Gasteiger partial charge >= 0.3 is 0 Å². The van der Waals surface area contributed by atoms with E-state index in [2.05, 4.69) is 0 Å². The Labute approximate surface area is 286 Å². The van der Waals surface area contributed by atoms with Crippen LogP contribution in [0.25, 0.3) is 0 Å². The van der Waals surface area contributed by atoms with Gasteiger partial charge in [-0.05, 0) is 64.4 Å². The van der Waals surface area contributed by atoms with Crippen molar-refractivity contribution >= 4 is 17.3 Å². The van der Waals surface area contributed by atoms with Gasteiger partial charge in [0.15, 0.2) is 11.5 Å². The Morgan fingerprint density at radius 2 is 1.55 bits per heavy atom. The monoisotopic (exact) mass is 694 g/mol. The third-order valence-electron chi connectivity index (χ3n) is 13.2. The fourth-order valence-corrected chi connectivity index (χ4v) is 10.3. The molecule has 4 aliphatic carbocycles. The van der Waals surface area contributed by atoms with Crippen LogP contribution in [0, 0.1) is 39.4 Å². The number of aliphatic hydroxyl groups excluding tert-OH is 6. The number of allylic oxidation sites excluding steroid dienone is 3. The van der Waals surface area contributed by atoms with Crippen LogP contribution in [0.3, 0.4) is 0 Å². The molecule has 1 saturated heterocycles. The minimum absolute atomic E-state index is 0.0594. The number of carbonyl (C=O) groups excluding carboxylic acids is 3. The van der Waals surface area contributed by atoms with Gasteiger partial charge in [0.2, 0.25) is 12.1 Å². The van der Waals surface area contributed by atoms with Crippen molar-refractivity contribution in [3.05, 3.63) is 23.5 Å². The van der Waals surface area contributed by atoms with Gasteiger partial charge in [0, 0.05) is 36.0 Å². The lowest BCUT2D eigenvalue weighted by molar-refractivity contribution is -0.291. The summed E-state index contributed by atoms with van der Waals surface area (Å²) in [5.41, 5.74) is -7.59. The fourth-order valence-electron chi connectivity index (χ4n) is 10.3. The Morgan fingerprint density at radius 1 is 0.939 bits per heavy atom. The lowest BCUT2D eigenvalue weighted by Gasteiger charge is -2.64. The maximum Gasteiger partial charge on any atom is 0.229 e. The molecule has 0 aromatic heterocycles. The first-order valence-corrected chi connectivity index (χ1v) is 17.1. The van der Waals surface area contributed by atoms with E-state index in [1.807, 2.05) is 6.92 Å². The van der Waals surface area contributed by atoms with Gasteiger partial charge in [0.1, 0.15) is 35.8 Å². The Morgan fingerprint density at radius 3 is 2.12 bits per heavy atom. The summed E-state index contributed by atoms with van der Waals surface area (Å²) in [4.78, 5) is 42.1. The minimum atomic E-state index is -2.06. The highest BCUT2D eigenvalue weighted by molar-refractivity contribution is 6.02. The molecule has 8 N–H and O–H groups in total. The minimum Gasteiger partial charge on any atom is -0.459 e. The van der Waals surface area contributed by atoms with Crippen molar-refractivity contribution in [1.82, 2.24) is 0 Å².